The molecule has 5 nitrogen and oxygen atoms in total. The third-order valence-corrected chi connectivity index (χ3v) is 5.16. The van der Waals surface area contributed by atoms with Crippen molar-refractivity contribution in [2.45, 2.75) is 32.3 Å². The number of amides is 1. The zero-order valence-corrected chi connectivity index (χ0v) is 12.6. The maximum atomic E-state index is 12.3. The average Bonchev–Trinajstić information content (AvgIpc) is 2.75. The third kappa shape index (κ3) is 3.00. The highest BCUT2D eigenvalue weighted by molar-refractivity contribution is 5.79. The molecule has 0 aromatic rings. The van der Waals surface area contributed by atoms with Crippen molar-refractivity contribution >= 4 is 5.91 Å². The number of likely N-dealkylation sites (N-methyl/N-ethyl adjacent to an activating group) is 1. The third-order valence-electron chi connectivity index (χ3n) is 5.16. The summed E-state index contributed by atoms with van der Waals surface area (Å²) in [5, 5.41) is 3.40. The number of hydrogen-bond donors (Lipinski definition) is 1. The Bertz CT molecular complexity index is 355. The van der Waals surface area contributed by atoms with Crippen LogP contribution in [0.4, 0.5) is 0 Å². The molecule has 1 amide bonds. The number of ether oxygens (including phenoxy) is 1. The summed E-state index contributed by atoms with van der Waals surface area (Å²) in [4.78, 5) is 16.8. The molecular formula is C15H27N3O2. The summed E-state index contributed by atoms with van der Waals surface area (Å²) in [6, 6.07) is 0. The van der Waals surface area contributed by atoms with E-state index in [4.69, 9.17) is 4.74 Å². The quantitative estimate of drug-likeness (QED) is 0.809. The first-order chi connectivity index (χ1) is 9.71. The van der Waals surface area contributed by atoms with E-state index in [9.17, 15) is 4.79 Å². The molecule has 1 unspecified atom stereocenters. The van der Waals surface area contributed by atoms with E-state index in [0.29, 0.717) is 5.91 Å². The molecule has 3 aliphatic heterocycles. The number of likely N-dealkylation sites (tertiary alicyclic amines) is 1. The fourth-order valence-electron chi connectivity index (χ4n) is 3.86. The highest BCUT2D eigenvalue weighted by Gasteiger charge is 2.44. The summed E-state index contributed by atoms with van der Waals surface area (Å²) in [7, 11) is 0. The van der Waals surface area contributed by atoms with Crippen LogP contribution in [0.15, 0.2) is 0 Å². The van der Waals surface area contributed by atoms with Gasteiger partial charge in [0.2, 0.25) is 5.91 Å². The van der Waals surface area contributed by atoms with Crippen LogP contribution in [-0.4, -0.2) is 74.2 Å². The molecule has 20 heavy (non-hydrogen) atoms. The Balaban J connectivity index is 1.56. The second-order valence-electron chi connectivity index (χ2n) is 6.59. The maximum Gasteiger partial charge on any atom is 0.223 e. The lowest BCUT2D eigenvalue weighted by Crippen LogP contribution is -2.48. The number of carbonyl (C=O) groups excluding carboxylic acids is 1. The highest BCUT2D eigenvalue weighted by Crippen LogP contribution is 2.39. The predicted molar refractivity (Wildman–Crippen MR) is 77.6 cm³/mol. The van der Waals surface area contributed by atoms with Crippen molar-refractivity contribution in [3.05, 3.63) is 0 Å². The summed E-state index contributed by atoms with van der Waals surface area (Å²) in [6.45, 7) is 9.90. The predicted octanol–water partition coefficient (Wildman–Crippen LogP) is 0.309. The van der Waals surface area contributed by atoms with Gasteiger partial charge in [0.25, 0.3) is 0 Å². The Morgan fingerprint density at radius 3 is 2.95 bits per heavy atom. The van der Waals surface area contributed by atoms with Gasteiger partial charge < -0.3 is 15.0 Å². The Morgan fingerprint density at radius 1 is 1.40 bits per heavy atom. The van der Waals surface area contributed by atoms with Gasteiger partial charge in [-0.2, -0.15) is 0 Å². The molecule has 114 valence electrons. The normalized spacial score (nSPS) is 31.1. The summed E-state index contributed by atoms with van der Waals surface area (Å²) < 4.78 is 5.85. The molecule has 3 rings (SSSR count). The summed E-state index contributed by atoms with van der Waals surface area (Å²) in [6.07, 6.45) is 3.23. The lowest BCUT2D eigenvalue weighted by molar-refractivity contribution is -0.130. The Hall–Kier alpha value is -0.650. The van der Waals surface area contributed by atoms with E-state index in [1.165, 1.54) is 0 Å². The van der Waals surface area contributed by atoms with Crippen LogP contribution in [0.2, 0.25) is 0 Å². The Kier molecular flexibility index (Phi) is 4.29. The fourth-order valence-corrected chi connectivity index (χ4v) is 3.86. The van der Waals surface area contributed by atoms with Crippen molar-refractivity contribution < 1.29 is 9.53 Å². The number of carbonyl (C=O) groups is 1. The highest BCUT2D eigenvalue weighted by atomic mass is 16.5. The SMILES string of the molecule is CCN1CCOC(CN2CC3(CCNCC3)CC2=O)C1. The largest absolute Gasteiger partial charge is 0.374 e. The van der Waals surface area contributed by atoms with Gasteiger partial charge in [0.1, 0.15) is 0 Å². The Morgan fingerprint density at radius 2 is 2.20 bits per heavy atom. The van der Waals surface area contributed by atoms with Crippen molar-refractivity contribution in [1.29, 1.82) is 0 Å². The molecule has 0 aromatic carbocycles. The lowest BCUT2D eigenvalue weighted by Gasteiger charge is -2.36. The fraction of sp³-hybridized carbons (Fsp3) is 0.933. The van der Waals surface area contributed by atoms with Gasteiger partial charge in [0.05, 0.1) is 12.7 Å². The molecule has 1 spiro atoms. The van der Waals surface area contributed by atoms with Crippen molar-refractivity contribution in [1.82, 2.24) is 15.1 Å². The number of hydrogen-bond acceptors (Lipinski definition) is 4. The monoisotopic (exact) mass is 281 g/mol. The maximum absolute atomic E-state index is 12.3. The van der Waals surface area contributed by atoms with Gasteiger partial charge in [-0.1, -0.05) is 6.92 Å². The molecule has 3 aliphatic rings. The zero-order chi connectivity index (χ0) is 14.0. The molecular weight excluding hydrogens is 254 g/mol. The van der Waals surface area contributed by atoms with Gasteiger partial charge in [-0.15, -0.1) is 0 Å². The van der Waals surface area contributed by atoms with Crippen LogP contribution in [0.3, 0.4) is 0 Å². The average molecular weight is 281 g/mol. The van der Waals surface area contributed by atoms with Crippen LogP contribution in [0.5, 0.6) is 0 Å². The zero-order valence-electron chi connectivity index (χ0n) is 12.6. The van der Waals surface area contributed by atoms with E-state index in [2.05, 4.69) is 22.0 Å². The Labute approximate surface area is 121 Å². The van der Waals surface area contributed by atoms with Crippen molar-refractivity contribution in [2.24, 2.45) is 5.41 Å². The number of nitrogens with zero attached hydrogens (tertiary/aromatic N) is 2. The molecule has 3 fully saturated rings. The molecule has 0 aliphatic carbocycles. The first-order valence-corrected chi connectivity index (χ1v) is 8.03. The summed E-state index contributed by atoms with van der Waals surface area (Å²) in [5.41, 5.74) is 0.251. The van der Waals surface area contributed by atoms with Crippen LogP contribution >= 0.6 is 0 Å². The smallest absolute Gasteiger partial charge is 0.223 e. The molecule has 1 atom stereocenters. The van der Waals surface area contributed by atoms with Crippen LogP contribution in [-0.2, 0) is 9.53 Å². The van der Waals surface area contributed by atoms with Gasteiger partial charge in [-0.25, -0.2) is 0 Å². The van der Waals surface area contributed by atoms with Gasteiger partial charge >= 0.3 is 0 Å². The summed E-state index contributed by atoms with van der Waals surface area (Å²) >= 11 is 0. The second-order valence-corrected chi connectivity index (χ2v) is 6.59. The molecule has 0 bridgehead atoms. The van der Waals surface area contributed by atoms with E-state index in [1.54, 1.807) is 0 Å². The minimum absolute atomic E-state index is 0.199. The first kappa shape index (κ1) is 14.3. The van der Waals surface area contributed by atoms with Crippen molar-refractivity contribution in [2.75, 3.05) is 52.4 Å². The van der Waals surface area contributed by atoms with E-state index in [1.807, 2.05) is 0 Å². The minimum Gasteiger partial charge on any atom is -0.374 e. The summed E-state index contributed by atoms with van der Waals surface area (Å²) in [5.74, 6) is 0.337. The van der Waals surface area contributed by atoms with Gasteiger partial charge in [-0.05, 0) is 37.9 Å². The van der Waals surface area contributed by atoms with Crippen molar-refractivity contribution in [3.8, 4) is 0 Å². The molecule has 0 radical (unpaired) electrons. The molecule has 0 aromatic heterocycles. The van der Waals surface area contributed by atoms with Gasteiger partial charge in [0.15, 0.2) is 0 Å². The van der Waals surface area contributed by atoms with Crippen LogP contribution in [0, 0.1) is 5.41 Å². The molecule has 3 heterocycles. The van der Waals surface area contributed by atoms with Gasteiger partial charge in [-0.3, -0.25) is 9.69 Å². The van der Waals surface area contributed by atoms with Crippen LogP contribution in [0.1, 0.15) is 26.2 Å². The van der Waals surface area contributed by atoms with Crippen LogP contribution in [0.25, 0.3) is 0 Å². The number of piperidine rings is 1. The molecule has 1 N–H and O–H groups in total. The van der Waals surface area contributed by atoms with E-state index < -0.39 is 0 Å². The molecule has 0 saturated carbocycles. The molecule has 5 heteroatoms. The van der Waals surface area contributed by atoms with E-state index in [-0.39, 0.29) is 11.5 Å². The van der Waals surface area contributed by atoms with E-state index >= 15 is 0 Å². The lowest BCUT2D eigenvalue weighted by atomic mass is 9.78. The van der Waals surface area contributed by atoms with Crippen molar-refractivity contribution in [3.63, 3.8) is 0 Å². The molecule has 3 saturated heterocycles. The minimum atomic E-state index is 0.199. The van der Waals surface area contributed by atoms with Crippen LogP contribution < -0.4 is 5.32 Å². The number of morpholine rings is 1. The number of nitrogens with one attached hydrogen (secondary N) is 1. The van der Waals surface area contributed by atoms with E-state index in [0.717, 1.165) is 71.7 Å². The van der Waals surface area contributed by atoms with Gasteiger partial charge in [0, 0.05) is 32.6 Å². The standard InChI is InChI=1S/C15H27N3O2/c1-2-17-7-8-20-13(10-17)11-18-12-15(9-14(18)19)3-5-16-6-4-15/h13,16H,2-12H2,1H3. The first-order valence-electron chi connectivity index (χ1n) is 8.03. The number of rotatable bonds is 3. The topological polar surface area (TPSA) is 44.8 Å². The second kappa shape index (κ2) is 6.00.